The van der Waals surface area contributed by atoms with Gasteiger partial charge in [-0.15, -0.1) is 0 Å². The van der Waals surface area contributed by atoms with Gasteiger partial charge in [0, 0.05) is 36.3 Å². The molecule has 8 heteroatoms. The second-order valence-electron chi connectivity index (χ2n) is 10.1. The van der Waals surface area contributed by atoms with Crippen LogP contribution in [-0.4, -0.2) is 40.6 Å². The Bertz CT molecular complexity index is 1030. The number of rotatable bonds is 14. The molecular weight excluding hydrogens is 476 g/mol. The largest absolute Gasteiger partial charge is 0.465 e. The van der Waals surface area contributed by atoms with E-state index in [1.54, 1.807) is 48.5 Å². The first-order chi connectivity index (χ1) is 17.2. The number of hydrogen-bond donors (Lipinski definition) is 1. The van der Waals surface area contributed by atoms with E-state index in [0.29, 0.717) is 23.3 Å². The summed E-state index contributed by atoms with van der Waals surface area (Å²) in [5, 5.41) is 10.9. The number of esters is 1. The second kappa shape index (κ2) is 13.8. The number of carbonyl (C=O) groups is 4. The summed E-state index contributed by atoms with van der Waals surface area (Å²) in [6.07, 6.45) is -1.39. The number of aliphatic hydroxyl groups is 1. The van der Waals surface area contributed by atoms with Crippen LogP contribution in [0.5, 0.6) is 0 Å². The number of carbonyl (C=O) groups excluding carboxylic acids is 4. The van der Waals surface area contributed by atoms with E-state index in [-0.39, 0.29) is 41.4 Å². The van der Waals surface area contributed by atoms with Crippen molar-refractivity contribution < 1.29 is 33.4 Å². The van der Waals surface area contributed by atoms with Gasteiger partial charge in [-0.05, 0) is 27.7 Å². The number of hydrogen-bond acceptors (Lipinski definition) is 8. The average Bonchev–Trinajstić information content (AvgIpc) is 2.90. The van der Waals surface area contributed by atoms with Gasteiger partial charge in [-0.2, -0.15) is 0 Å². The molecule has 0 spiro atoms. The van der Waals surface area contributed by atoms with Crippen molar-refractivity contribution in [2.45, 2.75) is 107 Å². The number of ether oxygens (including phenoxy) is 1. The molecule has 8 nitrogen and oxygen atoms in total. The molecule has 1 N–H and O–H groups in total. The van der Waals surface area contributed by atoms with Crippen molar-refractivity contribution in [3.8, 4) is 0 Å². The first-order valence-corrected chi connectivity index (χ1v) is 13.3. The van der Waals surface area contributed by atoms with Crippen molar-refractivity contribution in [1.29, 1.82) is 0 Å². The summed E-state index contributed by atoms with van der Waals surface area (Å²) in [5.41, 5.74) is 0.672. The topological polar surface area (TPSA) is 128 Å². The predicted molar refractivity (Wildman–Crippen MR) is 140 cm³/mol. The van der Waals surface area contributed by atoms with Gasteiger partial charge in [0.15, 0.2) is 5.43 Å². The first-order valence-electron chi connectivity index (χ1n) is 13.3. The number of Topliss-reactive ketones (excluding diaryl/α,β-unsaturated/α-hetero) is 3. The van der Waals surface area contributed by atoms with Gasteiger partial charge < -0.3 is 14.3 Å². The van der Waals surface area contributed by atoms with Gasteiger partial charge in [-0.3, -0.25) is 24.0 Å². The van der Waals surface area contributed by atoms with Gasteiger partial charge in [0.05, 0.1) is 29.8 Å². The SMILES string of the molecule is CCC(=O)[C@@H](C)C(OC(=O)[C@@H](C)[C@@H](O)[C@@H](C)C(=O)[C@H](C)c1oc(CC)c(C)c(=O)c1C)[C@H](C)C(=O)CC. The smallest absolute Gasteiger partial charge is 0.311 e. The van der Waals surface area contributed by atoms with Gasteiger partial charge in [0.1, 0.15) is 35.0 Å². The molecule has 0 aliphatic carbocycles. The molecule has 208 valence electrons. The minimum absolute atomic E-state index is 0.138. The van der Waals surface area contributed by atoms with E-state index >= 15 is 0 Å². The lowest BCUT2D eigenvalue weighted by Crippen LogP contribution is -2.43. The average molecular weight is 521 g/mol. The third kappa shape index (κ3) is 7.24. The molecule has 0 aromatic carbocycles. The van der Waals surface area contributed by atoms with Crippen LogP contribution in [0, 0.1) is 37.5 Å². The van der Waals surface area contributed by atoms with Gasteiger partial charge in [-0.25, -0.2) is 0 Å². The molecule has 1 heterocycles. The molecule has 1 rings (SSSR count). The lowest BCUT2D eigenvalue weighted by atomic mass is 9.83. The Morgan fingerprint density at radius 2 is 1.30 bits per heavy atom. The number of aryl methyl sites for hydroxylation is 1. The number of aliphatic hydroxyl groups excluding tert-OH is 1. The lowest BCUT2D eigenvalue weighted by molar-refractivity contribution is -0.166. The predicted octanol–water partition coefficient (Wildman–Crippen LogP) is 4.27. The third-order valence-corrected chi connectivity index (χ3v) is 7.64. The summed E-state index contributed by atoms with van der Waals surface area (Å²) < 4.78 is 11.5. The quantitative estimate of drug-likeness (QED) is 0.360. The van der Waals surface area contributed by atoms with E-state index in [1.165, 1.54) is 13.8 Å². The molecule has 1 aromatic rings. The molecule has 0 aliphatic heterocycles. The highest BCUT2D eigenvalue weighted by molar-refractivity contribution is 5.88. The van der Waals surface area contributed by atoms with Crippen LogP contribution in [0.4, 0.5) is 0 Å². The molecule has 0 aliphatic rings. The third-order valence-electron chi connectivity index (χ3n) is 7.64. The van der Waals surface area contributed by atoms with E-state index in [4.69, 9.17) is 9.15 Å². The maximum Gasteiger partial charge on any atom is 0.311 e. The van der Waals surface area contributed by atoms with Crippen molar-refractivity contribution in [2.75, 3.05) is 0 Å². The maximum atomic E-state index is 13.3. The van der Waals surface area contributed by atoms with Crippen molar-refractivity contribution in [3.63, 3.8) is 0 Å². The van der Waals surface area contributed by atoms with Gasteiger partial charge in [0.2, 0.25) is 0 Å². The summed E-state index contributed by atoms with van der Waals surface area (Å²) in [6.45, 7) is 16.4. The highest BCUT2D eigenvalue weighted by Crippen LogP contribution is 2.29. The zero-order valence-corrected chi connectivity index (χ0v) is 24.0. The first kappa shape index (κ1) is 32.4. The van der Waals surface area contributed by atoms with Crippen LogP contribution in [0.1, 0.15) is 96.8 Å². The zero-order chi connectivity index (χ0) is 28.8. The van der Waals surface area contributed by atoms with E-state index in [2.05, 4.69) is 0 Å². The van der Waals surface area contributed by atoms with E-state index in [9.17, 15) is 29.1 Å². The van der Waals surface area contributed by atoms with Crippen molar-refractivity contribution in [1.82, 2.24) is 0 Å². The van der Waals surface area contributed by atoms with Crippen molar-refractivity contribution in [2.24, 2.45) is 23.7 Å². The van der Waals surface area contributed by atoms with Crippen LogP contribution in [0.3, 0.4) is 0 Å². The molecule has 0 fully saturated rings. The molecule has 0 unspecified atom stereocenters. The van der Waals surface area contributed by atoms with E-state index < -0.39 is 47.8 Å². The molecule has 0 saturated heterocycles. The molecule has 6 atom stereocenters. The summed E-state index contributed by atoms with van der Waals surface area (Å²) in [4.78, 5) is 63.7. The fourth-order valence-corrected chi connectivity index (χ4v) is 4.71. The van der Waals surface area contributed by atoms with Gasteiger partial charge >= 0.3 is 5.97 Å². The Labute approximate surface area is 220 Å². The molecule has 0 amide bonds. The van der Waals surface area contributed by atoms with Crippen LogP contribution in [0.15, 0.2) is 9.21 Å². The van der Waals surface area contributed by atoms with Crippen LogP contribution >= 0.6 is 0 Å². The van der Waals surface area contributed by atoms with Crippen LogP contribution in [0.25, 0.3) is 0 Å². The standard InChI is InChI=1S/C29H44O8/c1-11-21(30)14(4)27(15(5)22(31)12-2)37-29(35)20(10)26(34)17(7)25(33)19(9)28-18(8)24(32)16(6)23(13-3)36-28/h14-15,17,19-20,26-27,34H,11-13H2,1-10H3/t14-,15-,17+,19+,20+,26+/m1/s1. The lowest BCUT2D eigenvalue weighted by Gasteiger charge is -2.31. The van der Waals surface area contributed by atoms with Gasteiger partial charge in [0.25, 0.3) is 0 Å². The Morgan fingerprint density at radius 3 is 1.73 bits per heavy atom. The Kier molecular flexibility index (Phi) is 12.1. The molecular formula is C29H44O8. The molecule has 0 saturated carbocycles. The highest BCUT2D eigenvalue weighted by Gasteiger charge is 2.39. The summed E-state index contributed by atoms with van der Waals surface area (Å²) in [6, 6.07) is 0. The summed E-state index contributed by atoms with van der Waals surface area (Å²) >= 11 is 0. The van der Waals surface area contributed by atoms with Gasteiger partial charge in [-0.1, -0.05) is 41.5 Å². The van der Waals surface area contributed by atoms with E-state index in [0.717, 1.165) is 0 Å². The number of ketones is 3. The second-order valence-corrected chi connectivity index (χ2v) is 10.1. The van der Waals surface area contributed by atoms with Crippen LogP contribution in [-0.2, 0) is 30.3 Å². The normalized spacial score (nSPS) is 16.4. The Hall–Kier alpha value is -2.61. The summed E-state index contributed by atoms with van der Waals surface area (Å²) in [5.74, 6) is -4.96. The fourth-order valence-electron chi connectivity index (χ4n) is 4.71. The monoisotopic (exact) mass is 520 g/mol. The van der Waals surface area contributed by atoms with Crippen LogP contribution < -0.4 is 5.43 Å². The molecule has 37 heavy (non-hydrogen) atoms. The molecule has 1 aromatic heterocycles. The van der Waals surface area contributed by atoms with Crippen molar-refractivity contribution in [3.05, 3.63) is 32.9 Å². The Balaban J connectivity index is 3.15. The Morgan fingerprint density at radius 1 is 0.811 bits per heavy atom. The molecule has 0 bridgehead atoms. The van der Waals surface area contributed by atoms with Crippen molar-refractivity contribution >= 4 is 23.3 Å². The maximum absolute atomic E-state index is 13.3. The highest BCUT2D eigenvalue weighted by atomic mass is 16.5. The molecule has 0 radical (unpaired) electrons. The van der Waals surface area contributed by atoms with Crippen LogP contribution in [0.2, 0.25) is 0 Å². The zero-order valence-electron chi connectivity index (χ0n) is 24.0. The summed E-state index contributed by atoms with van der Waals surface area (Å²) in [7, 11) is 0. The minimum atomic E-state index is -1.39. The van der Waals surface area contributed by atoms with E-state index in [1.807, 2.05) is 6.92 Å². The fraction of sp³-hybridized carbons (Fsp3) is 0.690. The minimum Gasteiger partial charge on any atom is -0.465 e.